The fraction of sp³-hybridized carbons (Fsp3) is 0.419. The van der Waals surface area contributed by atoms with E-state index < -0.39 is 23.3 Å². The smallest absolute Gasteiger partial charge is 0.328 e. The molecule has 1 N–H and O–H groups in total. The summed E-state index contributed by atoms with van der Waals surface area (Å²) in [5.41, 5.74) is 1.66. The molecule has 2 heterocycles. The molecule has 4 rings (SSSR count). The zero-order chi connectivity index (χ0) is 28.2. The van der Waals surface area contributed by atoms with Crippen LogP contribution < -0.4 is 10.9 Å². The average molecular weight is 532 g/mol. The van der Waals surface area contributed by atoms with Gasteiger partial charge in [-0.2, -0.15) is 0 Å². The molecule has 2 aromatic carbocycles. The highest BCUT2D eigenvalue weighted by molar-refractivity contribution is 6.06. The molecule has 1 atom stereocenters. The number of fused-ring (bicyclic) bond motifs is 1. The Morgan fingerprint density at radius 3 is 2.26 bits per heavy atom. The third-order valence-corrected chi connectivity index (χ3v) is 8.07. The number of likely N-dealkylation sites (tertiary alicyclic amines) is 1. The van der Waals surface area contributed by atoms with Gasteiger partial charge in [0.15, 0.2) is 0 Å². The van der Waals surface area contributed by atoms with Crippen LogP contribution in [0.5, 0.6) is 0 Å². The minimum atomic E-state index is -1.23. The zero-order valence-corrected chi connectivity index (χ0v) is 23.2. The van der Waals surface area contributed by atoms with Gasteiger partial charge in [0.25, 0.3) is 5.56 Å². The second kappa shape index (κ2) is 11.8. The van der Waals surface area contributed by atoms with Crippen molar-refractivity contribution in [2.45, 2.75) is 52.0 Å². The molecule has 0 unspecified atom stereocenters. The van der Waals surface area contributed by atoms with Gasteiger partial charge in [-0.25, -0.2) is 4.79 Å². The highest BCUT2D eigenvalue weighted by Crippen LogP contribution is 2.31. The van der Waals surface area contributed by atoms with Gasteiger partial charge in [0.1, 0.15) is 11.5 Å². The van der Waals surface area contributed by atoms with Gasteiger partial charge in [0, 0.05) is 32.1 Å². The van der Waals surface area contributed by atoms with Gasteiger partial charge in [0.05, 0.1) is 12.6 Å². The molecule has 1 saturated heterocycles. The molecule has 0 bridgehead atoms. The maximum atomic E-state index is 13.6. The van der Waals surface area contributed by atoms with Crippen molar-refractivity contribution in [1.82, 2.24) is 14.8 Å². The number of pyridine rings is 1. The van der Waals surface area contributed by atoms with Crippen LogP contribution in [0.3, 0.4) is 0 Å². The minimum absolute atomic E-state index is 0.0979. The van der Waals surface area contributed by atoms with E-state index in [0.29, 0.717) is 31.5 Å². The van der Waals surface area contributed by atoms with Crippen LogP contribution in [0.1, 0.15) is 45.1 Å². The van der Waals surface area contributed by atoms with E-state index in [1.54, 1.807) is 16.5 Å². The van der Waals surface area contributed by atoms with Crippen LogP contribution in [0.25, 0.3) is 22.0 Å². The van der Waals surface area contributed by atoms with E-state index in [-0.39, 0.29) is 17.9 Å². The van der Waals surface area contributed by atoms with E-state index >= 15 is 0 Å². The summed E-state index contributed by atoms with van der Waals surface area (Å²) in [5.74, 6) is -1.20. The lowest BCUT2D eigenvalue weighted by Gasteiger charge is -2.34. The Bertz CT molecular complexity index is 1420. The standard InChI is InChI=1S/C31H37N3O5/c1-5-31(6-2,30(38)34-17-9-10-18-34)29(37)32-25(28(36)39-4)19-21-13-15-22(16-14-21)24-20-23-11-7-8-12-26(23)33(3)27(24)35/h7-8,11-16,20,25H,5-6,9-10,17-19H2,1-4H3,(H,32,37)/t25-/m0/s1. The van der Waals surface area contributed by atoms with E-state index in [2.05, 4.69) is 5.32 Å². The normalized spacial score (nSPS) is 14.3. The molecule has 8 nitrogen and oxygen atoms in total. The molecule has 1 fully saturated rings. The Morgan fingerprint density at radius 1 is 1.00 bits per heavy atom. The van der Waals surface area contributed by atoms with Gasteiger partial charge in [-0.3, -0.25) is 14.4 Å². The van der Waals surface area contributed by atoms with Gasteiger partial charge in [-0.05, 0) is 54.3 Å². The maximum Gasteiger partial charge on any atom is 0.328 e. The number of rotatable bonds is 9. The molecule has 0 aliphatic carbocycles. The third kappa shape index (κ3) is 5.46. The second-order valence-electron chi connectivity index (χ2n) is 10.2. The Hall–Kier alpha value is -3.94. The fourth-order valence-corrected chi connectivity index (χ4v) is 5.51. The number of aryl methyl sites for hydroxylation is 1. The first-order valence-electron chi connectivity index (χ1n) is 13.6. The highest BCUT2D eigenvalue weighted by Gasteiger charge is 2.46. The van der Waals surface area contributed by atoms with Crippen LogP contribution in [-0.2, 0) is 32.6 Å². The van der Waals surface area contributed by atoms with Gasteiger partial charge in [0.2, 0.25) is 11.8 Å². The number of hydrogen-bond acceptors (Lipinski definition) is 5. The topological polar surface area (TPSA) is 97.7 Å². The van der Waals surface area contributed by atoms with Crippen molar-refractivity contribution < 1.29 is 19.1 Å². The number of benzene rings is 2. The molecule has 8 heteroatoms. The van der Waals surface area contributed by atoms with Crippen LogP contribution in [0.2, 0.25) is 0 Å². The Balaban J connectivity index is 1.56. The van der Waals surface area contributed by atoms with Crippen molar-refractivity contribution in [2.75, 3.05) is 20.2 Å². The van der Waals surface area contributed by atoms with Crippen molar-refractivity contribution in [3.05, 3.63) is 70.5 Å². The number of para-hydroxylation sites is 1. The number of esters is 1. The number of methoxy groups -OCH3 is 1. The number of carbonyl (C=O) groups excluding carboxylic acids is 3. The molecule has 3 aromatic rings. The minimum Gasteiger partial charge on any atom is -0.467 e. The van der Waals surface area contributed by atoms with Crippen LogP contribution in [0.4, 0.5) is 0 Å². The molecule has 1 aliphatic heterocycles. The van der Waals surface area contributed by atoms with Crippen molar-refractivity contribution in [2.24, 2.45) is 12.5 Å². The third-order valence-electron chi connectivity index (χ3n) is 8.07. The molecular formula is C31H37N3O5. The summed E-state index contributed by atoms with van der Waals surface area (Å²) in [4.78, 5) is 54.4. The summed E-state index contributed by atoms with van der Waals surface area (Å²) < 4.78 is 6.63. The maximum absolute atomic E-state index is 13.6. The Kier molecular flexibility index (Phi) is 8.53. The van der Waals surface area contributed by atoms with Crippen molar-refractivity contribution in [1.29, 1.82) is 0 Å². The van der Waals surface area contributed by atoms with E-state index in [9.17, 15) is 19.2 Å². The number of nitrogens with zero attached hydrogens (tertiary/aromatic N) is 2. The molecule has 1 aliphatic rings. The van der Waals surface area contributed by atoms with Crippen LogP contribution in [0.15, 0.2) is 59.4 Å². The number of carbonyl (C=O) groups is 3. The molecule has 1 aromatic heterocycles. The lowest BCUT2D eigenvalue weighted by atomic mass is 9.79. The predicted molar refractivity (Wildman–Crippen MR) is 151 cm³/mol. The highest BCUT2D eigenvalue weighted by atomic mass is 16.5. The van der Waals surface area contributed by atoms with E-state index in [0.717, 1.165) is 34.9 Å². The monoisotopic (exact) mass is 531 g/mol. The predicted octanol–water partition coefficient (Wildman–Crippen LogP) is 3.83. The molecule has 2 amide bonds. The van der Waals surface area contributed by atoms with Crippen molar-refractivity contribution in [3.8, 4) is 11.1 Å². The van der Waals surface area contributed by atoms with Crippen LogP contribution in [-0.4, -0.2) is 53.5 Å². The summed E-state index contributed by atoms with van der Waals surface area (Å²) in [5, 5.41) is 3.80. The molecule has 0 saturated carbocycles. The Morgan fingerprint density at radius 2 is 1.64 bits per heavy atom. The van der Waals surface area contributed by atoms with E-state index in [4.69, 9.17) is 4.74 Å². The summed E-state index contributed by atoms with van der Waals surface area (Å²) in [6, 6.07) is 16.0. The number of hydrogen-bond donors (Lipinski definition) is 1. The SMILES string of the molecule is CCC(CC)(C(=O)N[C@@H](Cc1ccc(-c2cc3ccccc3n(C)c2=O)cc1)C(=O)OC)C(=O)N1CCCC1. The van der Waals surface area contributed by atoms with Crippen molar-refractivity contribution in [3.63, 3.8) is 0 Å². The summed E-state index contributed by atoms with van der Waals surface area (Å²) in [6.07, 6.45) is 2.74. The molecular weight excluding hydrogens is 494 g/mol. The lowest BCUT2D eigenvalue weighted by molar-refractivity contribution is -0.154. The molecule has 0 spiro atoms. The van der Waals surface area contributed by atoms with Crippen LogP contribution >= 0.6 is 0 Å². The van der Waals surface area contributed by atoms with Gasteiger partial charge in [-0.1, -0.05) is 56.3 Å². The van der Waals surface area contributed by atoms with Gasteiger partial charge >= 0.3 is 5.97 Å². The van der Waals surface area contributed by atoms with Gasteiger partial charge in [-0.15, -0.1) is 0 Å². The summed E-state index contributed by atoms with van der Waals surface area (Å²) >= 11 is 0. The number of aromatic nitrogens is 1. The number of ether oxygens (including phenoxy) is 1. The quantitative estimate of drug-likeness (QED) is 0.334. The average Bonchev–Trinajstić information content (AvgIpc) is 3.51. The molecule has 206 valence electrons. The first-order chi connectivity index (χ1) is 18.7. The number of amides is 2. The number of nitrogens with one attached hydrogen (secondary N) is 1. The molecule has 39 heavy (non-hydrogen) atoms. The van der Waals surface area contributed by atoms with E-state index in [1.807, 2.05) is 68.4 Å². The zero-order valence-electron chi connectivity index (χ0n) is 23.2. The Labute approximate surface area is 229 Å². The fourth-order valence-electron chi connectivity index (χ4n) is 5.51. The summed E-state index contributed by atoms with van der Waals surface area (Å²) in [6.45, 7) is 4.97. The van der Waals surface area contributed by atoms with E-state index in [1.165, 1.54) is 7.11 Å². The van der Waals surface area contributed by atoms with Crippen LogP contribution in [0, 0.1) is 5.41 Å². The van der Waals surface area contributed by atoms with Crippen molar-refractivity contribution >= 4 is 28.7 Å². The lowest BCUT2D eigenvalue weighted by Crippen LogP contribution is -2.55. The summed E-state index contributed by atoms with van der Waals surface area (Å²) in [7, 11) is 3.04. The first kappa shape index (κ1) is 28.1. The molecule has 0 radical (unpaired) electrons. The largest absolute Gasteiger partial charge is 0.467 e. The van der Waals surface area contributed by atoms with Gasteiger partial charge < -0.3 is 19.5 Å². The second-order valence-corrected chi connectivity index (χ2v) is 10.2. The first-order valence-corrected chi connectivity index (χ1v) is 13.6.